The third kappa shape index (κ3) is 3.34. The van der Waals surface area contributed by atoms with E-state index in [0.29, 0.717) is 35.4 Å². The second kappa shape index (κ2) is 7.30. The number of fused-ring (bicyclic) bond motifs is 2. The summed E-state index contributed by atoms with van der Waals surface area (Å²) in [6.07, 6.45) is 2.04. The SMILES string of the molecule is CCC(C)C(NC(=O)c1cn(CC)c2cc3c(cc2c1=O)OCO3)C(=O)O. The smallest absolute Gasteiger partial charge is 0.326 e. The highest BCUT2D eigenvalue weighted by Gasteiger charge is 2.27. The summed E-state index contributed by atoms with van der Waals surface area (Å²) >= 11 is 0. The molecule has 2 unspecified atom stereocenters. The molecule has 2 N–H and O–H groups in total. The Labute approximate surface area is 155 Å². The van der Waals surface area contributed by atoms with E-state index >= 15 is 0 Å². The van der Waals surface area contributed by atoms with Crippen LogP contribution >= 0.6 is 0 Å². The van der Waals surface area contributed by atoms with Crippen molar-refractivity contribution in [2.75, 3.05) is 6.79 Å². The maximum Gasteiger partial charge on any atom is 0.326 e. The number of rotatable bonds is 6. The molecule has 2 heterocycles. The lowest BCUT2D eigenvalue weighted by atomic mass is 9.99. The Morgan fingerprint density at radius 3 is 2.52 bits per heavy atom. The van der Waals surface area contributed by atoms with Gasteiger partial charge in [-0.25, -0.2) is 4.79 Å². The van der Waals surface area contributed by atoms with Crippen LogP contribution in [0.2, 0.25) is 0 Å². The van der Waals surface area contributed by atoms with Crippen molar-refractivity contribution in [1.82, 2.24) is 9.88 Å². The Kier molecular flexibility index (Phi) is 5.07. The number of nitrogens with zero attached hydrogens (tertiary/aromatic N) is 1. The average molecular weight is 374 g/mol. The van der Waals surface area contributed by atoms with Crippen molar-refractivity contribution in [3.05, 3.63) is 34.1 Å². The molecule has 0 aliphatic carbocycles. The van der Waals surface area contributed by atoms with Crippen molar-refractivity contribution < 1.29 is 24.2 Å². The van der Waals surface area contributed by atoms with Gasteiger partial charge in [0.25, 0.3) is 5.91 Å². The largest absolute Gasteiger partial charge is 0.480 e. The molecule has 2 atom stereocenters. The van der Waals surface area contributed by atoms with Crippen molar-refractivity contribution in [3.8, 4) is 11.5 Å². The number of ether oxygens (including phenoxy) is 2. The van der Waals surface area contributed by atoms with E-state index in [0.717, 1.165) is 0 Å². The van der Waals surface area contributed by atoms with Crippen molar-refractivity contribution >= 4 is 22.8 Å². The van der Waals surface area contributed by atoms with Crippen LogP contribution in [0, 0.1) is 5.92 Å². The van der Waals surface area contributed by atoms with Crippen molar-refractivity contribution in [3.63, 3.8) is 0 Å². The van der Waals surface area contributed by atoms with Gasteiger partial charge in [-0.3, -0.25) is 9.59 Å². The van der Waals surface area contributed by atoms with E-state index in [1.54, 1.807) is 23.6 Å². The van der Waals surface area contributed by atoms with Crippen LogP contribution in [0.4, 0.5) is 0 Å². The fourth-order valence-electron chi connectivity index (χ4n) is 3.11. The molecule has 8 nitrogen and oxygen atoms in total. The number of carboxylic acid groups (broad SMARTS) is 1. The highest BCUT2D eigenvalue weighted by atomic mass is 16.7. The molecule has 0 bridgehead atoms. The summed E-state index contributed by atoms with van der Waals surface area (Å²) in [5.74, 6) is -1.10. The third-order valence-electron chi connectivity index (χ3n) is 4.93. The predicted molar refractivity (Wildman–Crippen MR) is 98.4 cm³/mol. The Balaban J connectivity index is 2.07. The Morgan fingerprint density at radius 2 is 1.93 bits per heavy atom. The quantitative estimate of drug-likeness (QED) is 0.801. The summed E-state index contributed by atoms with van der Waals surface area (Å²) in [7, 11) is 0. The van der Waals surface area contributed by atoms with Gasteiger partial charge in [0.05, 0.1) is 10.9 Å². The highest BCUT2D eigenvalue weighted by Crippen LogP contribution is 2.35. The third-order valence-corrected chi connectivity index (χ3v) is 4.93. The van der Waals surface area contributed by atoms with Gasteiger partial charge < -0.3 is 24.5 Å². The number of hydrogen-bond acceptors (Lipinski definition) is 5. The van der Waals surface area contributed by atoms with Gasteiger partial charge in [-0.15, -0.1) is 0 Å². The van der Waals surface area contributed by atoms with Gasteiger partial charge in [0.15, 0.2) is 11.5 Å². The van der Waals surface area contributed by atoms with Crippen LogP contribution in [-0.2, 0) is 11.3 Å². The Bertz CT molecular complexity index is 965. The van der Waals surface area contributed by atoms with E-state index in [1.165, 1.54) is 6.20 Å². The molecule has 0 radical (unpaired) electrons. The number of nitrogens with one attached hydrogen (secondary N) is 1. The van der Waals surface area contributed by atoms with Gasteiger partial charge in [0.1, 0.15) is 11.6 Å². The Morgan fingerprint density at radius 1 is 1.26 bits per heavy atom. The van der Waals surface area contributed by atoms with E-state index in [-0.39, 0.29) is 18.3 Å². The Hall–Kier alpha value is -3.03. The summed E-state index contributed by atoms with van der Waals surface area (Å²) in [6.45, 7) is 6.06. The molecule has 0 saturated heterocycles. The number of carbonyl (C=O) groups excluding carboxylic acids is 1. The van der Waals surface area contributed by atoms with Crippen LogP contribution in [0.5, 0.6) is 11.5 Å². The predicted octanol–water partition coefficient (Wildman–Crippen LogP) is 1.98. The molecule has 1 aromatic heterocycles. The first-order valence-electron chi connectivity index (χ1n) is 8.87. The topological polar surface area (TPSA) is 107 Å². The molecule has 0 spiro atoms. The minimum absolute atomic E-state index is 0.0779. The summed E-state index contributed by atoms with van der Waals surface area (Å²) in [4.78, 5) is 37.1. The summed E-state index contributed by atoms with van der Waals surface area (Å²) in [5, 5.41) is 12.2. The van der Waals surface area contributed by atoms with E-state index < -0.39 is 23.3 Å². The van der Waals surface area contributed by atoms with Gasteiger partial charge in [-0.2, -0.15) is 0 Å². The first kappa shape index (κ1) is 18.8. The van der Waals surface area contributed by atoms with Crippen LogP contribution in [0.1, 0.15) is 37.6 Å². The molecule has 8 heteroatoms. The molecule has 1 amide bonds. The van der Waals surface area contributed by atoms with Gasteiger partial charge >= 0.3 is 5.97 Å². The lowest BCUT2D eigenvalue weighted by Crippen LogP contribution is -2.46. The standard InChI is InChI=1S/C19H22N2O6/c1-4-10(3)16(19(24)25)20-18(23)12-8-21(5-2)13-7-15-14(26-9-27-15)6-11(13)17(12)22/h6-8,10,16H,4-5,9H2,1-3H3,(H,20,23)(H,24,25). The van der Waals surface area contributed by atoms with Gasteiger partial charge in [0.2, 0.25) is 12.2 Å². The van der Waals surface area contributed by atoms with Gasteiger partial charge in [-0.1, -0.05) is 20.3 Å². The highest BCUT2D eigenvalue weighted by molar-refractivity contribution is 5.99. The lowest BCUT2D eigenvalue weighted by Gasteiger charge is -2.20. The molecule has 144 valence electrons. The lowest BCUT2D eigenvalue weighted by molar-refractivity contribution is -0.140. The molecule has 27 heavy (non-hydrogen) atoms. The van der Waals surface area contributed by atoms with Crippen LogP contribution in [0.15, 0.2) is 23.1 Å². The summed E-state index contributed by atoms with van der Waals surface area (Å²) in [6, 6.07) is 2.21. The van der Waals surface area contributed by atoms with Crippen LogP contribution in [0.25, 0.3) is 10.9 Å². The number of amides is 1. The zero-order valence-corrected chi connectivity index (χ0v) is 15.4. The second-order valence-electron chi connectivity index (χ2n) is 6.56. The molecule has 1 aromatic carbocycles. The number of hydrogen-bond donors (Lipinski definition) is 2. The first-order chi connectivity index (χ1) is 12.9. The van der Waals surface area contributed by atoms with Crippen LogP contribution in [0.3, 0.4) is 0 Å². The fraction of sp³-hybridized carbons (Fsp3) is 0.421. The molecule has 1 aliphatic rings. The van der Waals surface area contributed by atoms with Gasteiger partial charge in [-0.05, 0) is 18.9 Å². The zero-order valence-electron chi connectivity index (χ0n) is 15.4. The minimum Gasteiger partial charge on any atom is -0.480 e. The molecule has 3 rings (SSSR count). The van der Waals surface area contributed by atoms with Crippen molar-refractivity contribution in [2.24, 2.45) is 5.92 Å². The molecule has 0 fully saturated rings. The molecular weight excluding hydrogens is 352 g/mol. The van der Waals surface area contributed by atoms with Crippen LogP contribution < -0.4 is 20.2 Å². The number of aromatic nitrogens is 1. The molecule has 0 saturated carbocycles. The minimum atomic E-state index is -1.13. The molecular formula is C19H22N2O6. The van der Waals surface area contributed by atoms with E-state index in [1.807, 2.05) is 13.8 Å². The van der Waals surface area contributed by atoms with Crippen molar-refractivity contribution in [2.45, 2.75) is 39.8 Å². The fourth-order valence-corrected chi connectivity index (χ4v) is 3.11. The van der Waals surface area contributed by atoms with E-state index in [4.69, 9.17) is 9.47 Å². The second-order valence-corrected chi connectivity index (χ2v) is 6.56. The average Bonchev–Trinajstić information content (AvgIpc) is 3.11. The van der Waals surface area contributed by atoms with E-state index in [2.05, 4.69) is 5.32 Å². The normalized spacial score (nSPS) is 14.8. The zero-order chi connectivity index (χ0) is 19.7. The number of pyridine rings is 1. The monoisotopic (exact) mass is 374 g/mol. The van der Waals surface area contributed by atoms with Crippen LogP contribution in [-0.4, -0.2) is 34.4 Å². The summed E-state index contributed by atoms with van der Waals surface area (Å²) < 4.78 is 12.4. The first-order valence-corrected chi connectivity index (χ1v) is 8.87. The van der Waals surface area contributed by atoms with E-state index in [9.17, 15) is 19.5 Å². The number of aryl methyl sites for hydroxylation is 1. The number of carbonyl (C=O) groups is 2. The maximum absolute atomic E-state index is 12.9. The summed E-state index contributed by atoms with van der Waals surface area (Å²) in [5.41, 5.74) is 0.0524. The van der Waals surface area contributed by atoms with Gasteiger partial charge in [0, 0.05) is 18.8 Å². The number of carboxylic acids is 1. The molecule has 1 aliphatic heterocycles. The van der Waals surface area contributed by atoms with Crippen molar-refractivity contribution in [1.29, 1.82) is 0 Å². The maximum atomic E-state index is 12.9. The molecule has 2 aromatic rings. The number of benzene rings is 1. The number of aliphatic carboxylic acids is 1.